The Morgan fingerprint density at radius 3 is 2.58 bits per heavy atom. The Morgan fingerprint density at radius 2 is 2.00 bits per heavy atom. The first-order valence-corrected chi connectivity index (χ1v) is 5.31. The molecule has 0 bridgehead atoms. The van der Waals surface area contributed by atoms with Gasteiger partial charge in [0.05, 0.1) is 11.1 Å². The standard InChI is InChI=1S/C14H8F3O2/c15-14(16,17)11-6-7-13(10(8-11)9-18)19-12-4-2-1-3-5-12/h1-2,4-9H. The molecule has 0 N–H and O–H groups in total. The third-order valence-electron chi connectivity index (χ3n) is 2.37. The fourth-order valence-corrected chi connectivity index (χ4v) is 1.48. The molecule has 0 aromatic heterocycles. The van der Waals surface area contributed by atoms with E-state index in [1.165, 1.54) is 6.07 Å². The summed E-state index contributed by atoms with van der Waals surface area (Å²) in [6.45, 7) is 0. The molecule has 1 radical (unpaired) electrons. The van der Waals surface area contributed by atoms with Crippen molar-refractivity contribution in [2.45, 2.75) is 6.18 Å². The second-order valence-corrected chi connectivity index (χ2v) is 3.71. The van der Waals surface area contributed by atoms with Crippen LogP contribution < -0.4 is 4.74 Å². The van der Waals surface area contributed by atoms with Crippen LogP contribution in [0.25, 0.3) is 0 Å². The van der Waals surface area contributed by atoms with Gasteiger partial charge < -0.3 is 4.74 Å². The first-order chi connectivity index (χ1) is 9.00. The topological polar surface area (TPSA) is 26.3 Å². The van der Waals surface area contributed by atoms with Crippen molar-refractivity contribution in [2.24, 2.45) is 0 Å². The molecule has 97 valence electrons. The zero-order chi connectivity index (χ0) is 13.9. The molecule has 0 fully saturated rings. The first-order valence-electron chi connectivity index (χ1n) is 5.31. The summed E-state index contributed by atoms with van der Waals surface area (Å²) in [5.74, 6) is 0.466. The Bertz CT molecular complexity index is 577. The van der Waals surface area contributed by atoms with E-state index < -0.39 is 11.7 Å². The van der Waals surface area contributed by atoms with Gasteiger partial charge in [-0.3, -0.25) is 4.79 Å². The van der Waals surface area contributed by atoms with Gasteiger partial charge in [0.15, 0.2) is 6.29 Å². The van der Waals surface area contributed by atoms with E-state index in [1.54, 1.807) is 18.2 Å². The third kappa shape index (κ3) is 3.13. The van der Waals surface area contributed by atoms with Crippen LogP contribution in [0.1, 0.15) is 15.9 Å². The minimum Gasteiger partial charge on any atom is -0.457 e. The van der Waals surface area contributed by atoms with Gasteiger partial charge in [-0.1, -0.05) is 12.1 Å². The summed E-state index contributed by atoms with van der Waals surface area (Å²) in [6, 6.07) is 12.0. The van der Waals surface area contributed by atoms with E-state index in [2.05, 4.69) is 6.07 Å². The lowest BCUT2D eigenvalue weighted by atomic mass is 10.1. The SMILES string of the molecule is O=Cc1cc(C(F)(F)F)ccc1Oc1c[c]ccc1. The fourth-order valence-electron chi connectivity index (χ4n) is 1.48. The molecule has 0 saturated heterocycles. The van der Waals surface area contributed by atoms with E-state index in [4.69, 9.17) is 4.74 Å². The average molecular weight is 265 g/mol. The molecule has 2 aromatic carbocycles. The van der Waals surface area contributed by atoms with E-state index >= 15 is 0 Å². The first kappa shape index (κ1) is 13.1. The largest absolute Gasteiger partial charge is 0.457 e. The van der Waals surface area contributed by atoms with Crippen LogP contribution in [0.5, 0.6) is 11.5 Å². The van der Waals surface area contributed by atoms with E-state index in [1.807, 2.05) is 0 Å². The van der Waals surface area contributed by atoms with E-state index in [0.29, 0.717) is 12.0 Å². The molecule has 0 heterocycles. The summed E-state index contributed by atoms with van der Waals surface area (Å²) < 4.78 is 42.8. The summed E-state index contributed by atoms with van der Waals surface area (Å²) in [7, 11) is 0. The van der Waals surface area contributed by atoms with Crippen molar-refractivity contribution in [1.29, 1.82) is 0 Å². The molecule has 19 heavy (non-hydrogen) atoms. The number of hydrogen-bond acceptors (Lipinski definition) is 2. The summed E-state index contributed by atoms with van der Waals surface area (Å²) in [5, 5.41) is 0. The van der Waals surface area contributed by atoms with Crippen LogP contribution in [0.15, 0.2) is 42.5 Å². The van der Waals surface area contributed by atoms with E-state index in [0.717, 1.165) is 18.2 Å². The number of alkyl halides is 3. The molecule has 2 nitrogen and oxygen atoms in total. The molecular weight excluding hydrogens is 257 g/mol. The van der Waals surface area contributed by atoms with Gasteiger partial charge in [0.2, 0.25) is 0 Å². The molecule has 0 aliphatic rings. The molecule has 2 rings (SSSR count). The highest BCUT2D eigenvalue weighted by atomic mass is 19.4. The van der Waals surface area contributed by atoms with Crippen molar-refractivity contribution >= 4 is 6.29 Å². The van der Waals surface area contributed by atoms with Crippen LogP contribution in [0.4, 0.5) is 13.2 Å². The Morgan fingerprint density at radius 1 is 1.21 bits per heavy atom. The molecule has 0 amide bonds. The van der Waals surface area contributed by atoms with Gasteiger partial charge >= 0.3 is 6.18 Å². The van der Waals surface area contributed by atoms with Gasteiger partial charge in [-0.05, 0) is 36.4 Å². The molecule has 0 saturated carbocycles. The van der Waals surface area contributed by atoms with Crippen LogP contribution >= 0.6 is 0 Å². The van der Waals surface area contributed by atoms with Gasteiger partial charge in [-0.15, -0.1) is 0 Å². The van der Waals surface area contributed by atoms with Gasteiger partial charge in [0.25, 0.3) is 0 Å². The quantitative estimate of drug-likeness (QED) is 0.780. The maximum Gasteiger partial charge on any atom is 0.416 e. The number of rotatable bonds is 3. The van der Waals surface area contributed by atoms with Crippen LogP contribution in [-0.2, 0) is 6.18 Å². The molecular formula is C14H8F3O2. The third-order valence-corrected chi connectivity index (χ3v) is 2.37. The van der Waals surface area contributed by atoms with Crippen molar-refractivity contribution in [3.63, 3.8) is 0 Å². The molecule has 0 spiro atoms. The summed E-state index contributed by atoms with van der Waals surface area (Å²) >= 11 is 0. The number of benzene rings is 2. The van der Waals surface area contributed by atoms with E-state index in [9.17, 15) is 18.0 Å². The fraction of sp³-hybridized carbons (Fsp3) is 0.0714. The highest BCUT2D eigenvalue weighted by Crippen LogP contribution is 2.33. The summed E-state index contributed by atoms with van der Waals surface area (Å²) in [6.07, 6.45) is -4.16. The van der Waals surface area contributed by atoms with Crippen LogP contribution in [0.3, 0.4) is 0 Å². The number of carbonyl (C=O) groups excluding carboxylic acids is 1. The molecule has 0 aliphatic heterocycles. The lowest BCUT2D eigenvalue weighted by molar-refractivity contribution is -0.137. The second-order valence-electron chi connectivity index (χ2n) is 3.71. The normalized spacial score (nSPS) is 11.1. The smallest absolute Gasteiger partial charge is 0.416 e. The van der Waals surface area contributed by atoms with Crippen LogP contribution in [-0.4, -0.2) is 6.29 Å². The van der Waals surface area contributed by atoms with Crippen LogP contribution in [0, 0.1) is 6.07 Å². The highest BCUT2D eigenvalue weighted by molar-refractivity contribution is 5.80. The second kappa shape index (κ2) is 5.14. The van der Waals surface area contributed by atoms with E-state index in [-0.39, 0.29) is 11.3 Å². The van der Waals surface area contributed by atoms with Crippen molar-refractivity contribution in [2.75, 3.05) is 0 Å². The number of ether oxygens (including phenoxy) is 1. The number of halogens is 3. The maximum atomic E-state index is 12.5. The van der Waals surface area contributed by atoms with Crippen molar-refractivity contribution < 1.29 is 22.7 Å². The maximum absolute atomic E-state index is 12.5. The highest BCUT2D eigenvalue weighted by Gasteiger charge is 2.31. The van der Waals surface area contributed by atoms with Gasteiger partial charge in [-0.25, -0.2) is 0 Å². The van der Waals surface area contributed by atoms with Crippen molar-refractivity contribution in [3.05, 3.63) is 59.7 Å². The molecule has 0 atom stereocenters. The lowest BCUT2D eigenvalue weighted by Crippen LogP contribution is -2.05. The Kier molecular flexibility index (Phi) is 3.55. The van der Waals surface area contributed by atoms with Gasteiger partial charge in [-0.2, -0.15) is 13.2 Å². The number of carbonyl (C=O) groups is 1. The van der Waals surface area contributed by atoms with Gasteiger partial charge in [0.1, 0.15) is 11.5 Å². The monoisotopic (exact) mass is 265 g/mol. The Hall–Kier alpha value is -2.30. The summed E-state index contributed by atoms with van der Waals surface area (Å²) in [5.41, 5.74) is -1.04. The minimum atomic E-state index is -4.49. The molecule has 5 heteroatoms. The predicted octanol–water partition coefficient (Wildman–Crippen LogP) is 4.11. The number of hydrogen-bond donors (Lipinski definition) is 0. The van der Waals surface area contributed by atoms with Crippen LogP contribution in [0.2, 0.25) is 0 Å². The molecule has 0 aliphatic carbocycles. The number of aldehydes is 1. The summed E-state index contributed by atoms with van der Waals surface area (Å²) in [4.78, 5) is 10.8. The average Bonchev–Trinajstić information content (AvgIpc) is 2.39. The Labute approximate surface area is 107 Å². The molecule has 2 aromatic rings. The zero-order valence-electron chi connectivity index (χ0n) is 9.57. The lowest BCUT2D eigenvalue weighted by Gasteiger charge is -2.11. The predicted molar refractivity (Wildman–Crippen MR) is 62.2 cm³/mol. The van der Waals surface area contributed by atoms with Gasteiger partial charge in [0, 0.05) is 0 Å². The van der Waals surface area contributed by atoms with Crippen molar-refractivity contribution in [1.82, 2.24) is 0 Å². The van der Waals surface area contributed by atoms with Crippen molar-refractivity contribution in [3.8, 4) is 11.5 Å². The molecule has 0 unspecified atom stereocenters. The minimum absolute atomic E-state index is 0.0719. The Balaban J connectivity index is 2.34. The zero-order valence-corrected chi connectivity index (χ0v) is 9.57.